The highest BCUT2D eigenvalue weighted by Gasteiger charge is 2.21. The molecule has 3 rings (SSSR count). The number of nitrogens with zero attached hydrogens (tertiary/aromatic N) is 5. The molecule has 2 heterocycles. The minimum Gasteiger partial charge on any atom is -0.346 e. The number of benzene rings is 1. The number of tetrazole rings is 1. The van der Waals surface area contributed by atoms with Crippen LogP contribution in [0.2, 0.25) is 0 Å². The van der Waals surface area contributed by atoms with E-state index in [0.717, 1.165) is 11.3 Å². The quantitative estimate of drug-likeness (QED) is 0.778. The molecule has 0 fully saturated rings. The van der Waals surface area contributed by atoms with Crippen LogP contribution >= 0.6 is 0 Å². The number of pyridine rings is 1. The van der Waals surface area contributed by atoms with Crippen molar-refractivity contribution in [1.29, 1.82) is 0 Å². The largest absolute Gasteiger partial charge is 0.346 e. The SMILES string of the molecule is C[C@@H](NC(=O)[C@H](C)n1nnc(-c2ccccc2)n1)c1ccccn1. The van der Waals surface area contributed by atoms with Gasteiger partial charge in [0.15, 0.2) is 0 Å². The number of aromatic nitrogens is 5. The highest BCUT2D eigenvalue weighted by molar-refractivity contribution is 5.80. The molecular formula is C17H18N6O. The van der Waals surface area contributed by atoms with Crippen molar-refractivity contribution >= 4 is 5.91 Å². The third-order valence-corrected chi connectivity index (χ3v) is 3.68. The molecule has 0 bridgehead atoms. The van der Waals surface area contributed by atoms with Crippen LogP contribution in [0.5, 0.6) is 0 Å². The minimum absolute atomic E-state index is 0.190. The molecule has 0 spiro atoms. The maximum Gasteiger partial charge on any atom is 0.247 e. The van der Waals surface area contributed by atoms with Crippen molar-refractivity contribution in [1.82, 2.24) is 30.5 Å². The predicted octanol–water partition coefficient (Wildman–Crippen LogP) is 2.17. The molecule has 7 heteroatoms. The van der Waals surface area contributed by atoms with E-state index in [4.69, 9.17) is 0 Å². The van der Waals surface area contributed by atoms with Gasteiger partial charge in [0.05, 0.1) is 11.7 Å². The molecule has 3 aromatic rings. The molecule has 2 aromatic heterocycles. The van der Waals surface area contributed by atoms with Gasteiger partial charge in [-0.1, -0.05) is 36.4 Å². The van der Waals surface area contributed by atoms with Crippen molar-refractivity contribution in [3.63, 3.8) is 0 Å². The monoisotopic (exact) mass is 322 g/mol. The fourth-order valence-corrected chi connectivity index (χ4v) is 2.24. The first-order valence-corrected chi connectivity index (χ1v) is 7.71. The van der Waals surface area contributed by atoms with Crippen LogP contribution < -0.4 is 5.32 Å². The molecule has 1 amide bonds. The molecular weight excluding hydrogens is 304 g/mol. The lowest BCUT2D eigenvalue weighted by Crippen LogP contribution is -2.34. The summed E-state index contributed by atoms with van der Waals surface area (Å²) in [4.78, 5) is 18.0. The average molecular weight is 322 g/mol. The van der Waals surface area contributed by atoms with Gasteiger partial charge in [-0.25, -0.2) is 0 Å². The van der Waals surface area contributed by atoms with Crippen LogP contribution in [0, 0.1) is 0 Å². The Balaban J connectivity index is 1.69. The summed E-state index contributed by atoms with van der Waals surface area (Å²) in [5, 5.41) is 15.2. The fourth-order valence-electron chi connectivity index (χ4n) is 2.24. The Morgan fingerprint density at radius 3 is 2.54 bits per heavy atom. The third kappa shape index (κ3) is 3.45. The summed E-state index contributed by atoms with van der Waals surface area (Å²) in [6, 6.07) is 14.4. The molecule has 122 valence electrons. The highest BCUT2D eigenvalue weighted by atomic mass is 16.2. The van der Waals surface area contributed by atoms with Gasteiger partial charge in [0.1, 0.15) is 6.04 Å². The molecule has 1 N–H and O–H groups in total. The lowest BCUT2D eigenvalue weighted by molar-refractivity contribution is -0.125. The van der Waals surface area contributed by atoms with Gasteiger partial charge in [-0.2, -0.15) is 4.80 Å². The lowest BCUT2D eigenvalue weighted by atomic mass is 10.2. The van der Waals surface area contributed by atoms with Crippen LogP contribution in [0.15, 0.2) is 54.7 Å². The summed E-state index contributed by atoms with van der Waals surface area (Å²) in [7, 11) is 0. The van der Waals surface area contributed by atoms with E-state index in [2.05, 4.69) is 25.7 Å². The average Bonchev–Trinajstić information content (AvgIpc) is 3.12. The van der Waals surface area contributed by atoms with Gasteiger partial charge in [0.25, 0.3) is 0 Å². The van der Waals surface area contributed by atoms with Gasteiger partial charge in [0.2, 0.25) is 11.7 Å². The summed E-state index contributed by atoms with van der Waals surface area (Å²) >= 11 is 0. The van der Waals surface area contributed by atoms with Crippen LogP contribution in [-0.2, 0) is 4.79 Å². The Labute approximate surface area is 139 Å². The van der Waals surface area contributed by atoms with Crippen LogP contribution in [0.1, 0.15) is 31.6 Å². The van der Waals surface area contributed by atoms with Crippen molar-refractivity contribution in [2.75, 3.05) is 0 Å². The second-order valence-electron chi connectivity index (χ2n) is 5.46. The van der Waals surface area contributed by atoms with Crippen LogP contribution in [0.4, 0.5) is 0 Å². The molecule has 0 radical (unpaired) electrons. The standard InChI is InChI=1S/C17H18N6O/c1-12(15-10-6-7-11-18-15)19-17(24)13(2)23-21-16(20-22-23)14-8-4-3-5-9-14/h3-13H,1-2H3,(H,19,24)/t12-,13+/m1/s1. The highest BCUT2D eigenvalue weighted by Crippen LogP contribution is 2.14. The van der Waals surface area contributed by atoms with E-state index in [1.54, 1.807) is 13.1 Å². The number of hydrogen-bond acceptors (Lipinski definition) is 5. The molecule has 0 aliphatic carbocycles. The lowest BCUT2D eigenvalue weighted by Gasteiger charge is -2.16. The van der Waals surface area contributed by atoms with Gasteiger partial charge in [-0.15, -0.1) is 10.2 Å². The summed E-state index contributed by atoms with van der Waals surface area (Å²) in [5.41, 5.74) is 1.66. The van der Waals surface area contributed by atoms with E-state index in [0.29, 0.717) is 5.82 Å². The van der Waals surface area contributed by atoms with Crippen molar-refractivity contribution in [2.24, 2.45) is 0 Å². The van der Waals surface area contributed by atoms with Gasteiger partial charge in [-0.3, -0.25) is 9.78 Å². The summed E-state index contributed by atoms with van der Waals surface area (Å²) in [5.74, 6) is 0.304. The molecule has 0 saturated heterocycles. The van der Waals surface area contributed by atoms with Crippen LogP contribution in [0.25, 0.3) is 11.4 Å². The molecule has 0 saturated carbocycles. The molecule has 2 atom stereocenters. The Morgan fingerprint density at radius 2 is 1.83 bits per heavy atom. The molecule has 0 aliphatic rings. The van der Waals surface area contributed by atoms with Crippen molar-refractivity contribution in [3.05, 3.63) is 60.4 Å². The third-order valence-electron chi connectivity index (χ3n) is 3.68. The smallest absolute Gasteiger partial charge is 0.247 e. The number of amides is 1. The Hall–Kier alpha value is -3.09. The second kappa shape index (κ2) is 6.99. The Morgan fingerprint density at radius 1 is 1.08 bits per heavy atom. The van der Waals surface area contributed by atoms with Gasteiger partial charge in [0, 0.05) is 11.8 Å². The van der Waals surface area contributed by atoms with Crippen LogP contribution in [-0.4, -0.2) is 31.1 Å². The fraction of sp³-hybridized carbons (Fsp3) is 0.235. The molecule has 24 heavy (non-hydrogen) atoms. The Kier molecular flexibility index (Phi) is 4.60. The first-order chi connectivity index (χ1) is 11.6. The number of nitrogens with one attached hydrogen (secondary N) is 1. The number of hydrogen-bond donors (Lipinski definition) is 1. The van der Waals surface area contributed by atoms with E-state index in [9.17, 15) is 4.79 Å². The van der Waals surface area contributed by atoms with Crippen molar-refractivity contribution in [3.8, 4) is 11.4 Å². The molecule has 1 aromatic carbocycles. The van der Waals surface area contributed by atoms with E-state index < -0.39 is 6.04 Å². The van der Waals surface area contributed by atoms with Crippen molar-refractivity contribution in [2.45, 2.75) is 25.9 Å². The first kappa shape index (κ1) is 15.8. The number of carbonyl (C=O) groups excluding carboxylic acids is 1. The van der Waals surface area contributed by atoms with Crippen LogP contribution in [0.3, 0.4) is 0 Å². The van der Waals surface area contributed by atoms with Gasteiger partial charge in [-0.05, 0) is 31.2 Å². The number of carbonyl (C=O) groups is 1. The normalized spacial score (nSPS) is 13.2. The molecule has 0 aliphatic heterocycles. The van der Waals surface area contributed by atoms with Crippen molar-refractivity contribution < 1.29 is 4.79 Å². The minimum atomic E-state index is -0.568. The zero-order chi connectivity index (χ0) is 16.9. The summed E-state index contributed by atoms with van der Waals surface area (Å²) in [6.07, 6.45) is 1.70. The zero-order valence-corrected chi connectivity index (χ0v) is 13.5. The maximum atomic E-state index is 12.4. The second-order valence-corrected chi connectivity index (χ2v) is 5.46. The topological polar surface area (TPSA) is 85.6 Å². The summed E-state index contributed by atoms with van der Waals surface area (Å²) in [6.45, 7) is 3.62. The predicted molar refractivity (Wildman–Crippen MR) is 88.8 cm³/mol. The zero-order valence-electron chi connectivity index (χ0n) is 13.5. The van der Waals surface area contributed by atoms with E-state index >= 15 is 0 Å². The van der Waals surface area contributed by atoms with E-state index in [1.165, 1.54) is 4.80 Å². The van der Waals surface area contributed by atoms with Gasteiger partial charge >= 0.3 is 0 Å². The molecule has 0 unspecified atom stereocenters. The summed E-state index contributed by atoms with van der Waals surface area (Å²) < 4.78 is 0. The van der Waals surface area contributed by atoms with Gasteiger partial charge < -0.3 is 5.32 Å². The Bertz CT molecular complexity index is 802. The van der Waals surface area contributed by atoms with E-state index in [-0.39, 0.29) is 11.9 Å². The molecule has 7 nitrogen and oxygen atoms in total. The first-order valence-electron chi connectivity index (χ1n) is 7.71. The maximum absolute atomic E-state index is 12.4. The number of rotatable bonds is 5. The van der Waals surface area contributed by atoms with E-state index in [1.807, 2.05) is 55.5 Å².